The zero-order chi connectivity index (χ0) is 22.8. The molecule has 0 aliphatic rings. The molecular weight excluding hydrogens is 390 g/mol. The quantitative estimate of drug-likeness (QED) is 0.764. The van der Waals surface area contributed by atoms with Gasteiger partial charge in [-0.2, -0.15) is 0 Å². The number of carbonyl (C=O) groups is 2. The van der Waals surface area contributed by atoms with Crippen LogP contribution in [-0.2, 0) is 23.0 Å². The first-order valence-corrected chi connectivity index (χ1v) is 9.42. The summed E-state index contributed by atoms with van der Waals surface area (Å²) in [6, 6.07) is 5.17. The summed E-state index contributed by atoms with van der Waals surface area (Å²) in [4.78, 5) is 48.5. The minimum atomic E-state index is -1.20. The zero-order valence-electron chi connectivity index (χ0n) is 18.0. The lowest BCUT2D eigenvalue weighted by molar-refractivity contribution is -0.139. The Balaban J connectivity index is 2.28. The predicted octanol–water partition coefficient (Wildman–Crippen LogP) is 1.67. The van der Waals surface area contributed by atoms with E-state index in [1.807, 2.05) is 0 Å². The van der Waals surface area contributed by atoms with E-state index in [1.165, 1.54) is 4.57 Å². The third kappa shape index (κ3) is 5.16. The third-order valence-corrected chi connectivity index (χ3v) is 4.67. The molecule has 0 saturated heterocycles. The first-order valence-electron chi connectivity index (χ1n) is 9.42. The highest BCUT2D eigenvalue weighted by Gasteiger charge is 2.24. The maximum absolute atomic E-state index is 12.6. The molecule has 162 valence electrons. The Labute approximate surface area is 173 Å². The topological polar surface area (TPSA) is 120 Å². The minimum absolute atomic E-state index is 0.00862. The van der Waals surface area contributed by atoms with Crippen molar-refractivity contribution in [1.82, 2.24) is 14.5 Å². The molecule has 1 aromatic heterocycles. The maximum atomic E-state index is 12.6. The van der Waals surface area contributed by atoms with Gasteiger partial charge < -0.3 is 19.7 Å². The van der Waals surface area contributed by atoms with Crippen molar-refractivity contribution in [2.75, 3.05) is 0 Å². The molecule has 2 rings (SSSR count). The van der Waals surface area contributed by atoms with Crippen molar-refractivity contribution >= 4 is 12.1 Å². The molecule has 0 spiro atoms. The largest absolute Gasteiger partial charge is 0.480 e. The summed E-state index contributed by atoms with van der Waals surface area (Å²) < 4.78 is 7.57. The van der Waals surface area contributed by atoms with E-state index in [0.717, 1.165) is 4.57 Å². The van der Waals surface area contributed by atoms with Crippen LogP contribution in [0.1, 0.15) is 37.6 Å². The molecule has 9 heteroatoms. The number of aromatic nitrogens is 2. The number of hydrogen-bond acceptors (Lipinski definition) is 5. The Morgan fingerprint density at radius 2 is 1.70 bits per heavy atom. The smallest absolute Gasteiger partial charge is 0.408 e. The van der Waals surface area contributed by atoms with Crippen LogP contribution in [0.25, 0.3) is 5.69 Å². The predicted molar refractivity (Wildman–Crippen MR) is 111 cm³/mol. The number of alkyl carbamates (subject to hydrolysis) is 1. The Hall–Kier alpha value is -3.36. The van der Waals surface area contributed by atoms with Crippen LogP contribution in [0.15, 0.2) is 33.9 Å². The average molecular weight is 417 g/mol. The van der Waals surface area contributed by atoms with Gasteiger partial charge in [-0.3, -0.25) is 4.79 Å². The molecule has 2 aromatic rings. The van der Waals surface area contributed by atoms with E-state index >= 15 is 0 Å². The van der Waals surface area contributed by atoms with Crippen molar-refractivity contribution in [1.29, 1.82) is 0 Å². The number of aliphatic carboxylic acids is 1. The van der Waals surface area contributed by atoms with Gasteiger partial charge in [0, 0.05) is 24.7 Å². The van der Waals surface area contributed by atoms with Crippen molar-refractivity contribution < 1.29 is 19.4 Å². The lowest BCUT2D eigenvalue weighted by atomic mass is 10.1. The van der Waals surface area contributed by atoms with Gasteiger partial charge in [-0.05, 0) is 52.3 Å². The first-order chi connectivity index (χ1) is 13.8. The van der Waals surface area contributed by atoms with E-state index in [2.05, 4.69) is 5.32 Å². The summed E-state index contributed by atoms with van der Waals surface area (Å²) in [5.41, 5.74) is 0.420. The van der Waals surface area contributed by atoms with Crippen LogP contribution >= 0.6 is 0 Å². The highest BCUT2D eigenvalue weighted by atomic mass is 16.6. The number of carbonyl (C=O) groups excluding carboxylic acids is 1. The summed E-state index contributed by atoms with van der Waals surface area (Å²) in [6.45, 7) is 8.40. The maximum Gasteiger partial charge on any atom is 0.408 e. The molecule has 1 heterocycles. The average Bonchev–Trinajstić information content (AvgIpc) is 2.64. The van der Waals surface area contributed by atoms with Crippen molar-refractivity contribution in [2.24, 2.45) is 7.05 Å². The summed E-state index contributed by atoms with van der Waals surface area (Å²) in [5, 5.41) is 11.8. The molecule has 0 bridgehead atoms. The van der Waals surface area contributed by atoms with E-state index in [1.54, 1.807) is 65.9 Å². The van der Waals surface area contributed by atoms with Crippen LogP contribution in [-0.4, -0.2) is 37.9 Å². The van der Waals surface area contributed by atoms with Crippen molar-refractivity contribution in [3.63, 3.8) is 0 Å². The number of rotatable bonds is 5. The number of nitrogens with one attached hydrogen (secondary N) is 1. The zero-order valence-corrected chi connectivity index (χ0v) is 18.0. The molecule has 1 amide bonds. The number of nitrogens with zero attached hydrogens (tertiary/aromatic N) is 2. The molecule has 2 N–H and O–H groups in total. The fraction of sp³-hybridized carbons (Fsp3) is 0.429. The van der Waals surface area contributed by atoms with Gasteiger partial charge in [0.25, 0.3) is 5.56 Å². The second-order valence-corrected chi connectivity index (χ2v) is 8.10. The van der Waals surface area contributed by atoms with Crippen LogP contribution in [0.2, 0.25) is 0 Å². The second kappa shape index (κ2) is 8.56. The monoisotopic (exact) mass is 417 g/mol. The van der Waals surface area contributed by atoms with E-state index in [4.69, 9.17) is 4.74 Å². The summed E-state index contributed by atoms with van der Waals surface area (Å²) in [6.07, 6.45) is -0.814. The summed E-state index contributed by atoms with van der Waals surface area (Å²) >= 11 is 0. The fourth-order valence-electron chi connectivity index (χ4n) is 2.85. The van der Waals surface area contributed by atoms with Crippen molar-refractivity contribution in [3.8, 4) is 5.69 Å². The van der Waals surface area contributed by atoms with Gasteiger partial charge >= 0.3 is 17.8 Å². The van der Waals surface area contributed by atoms with E-state index < -0.39 is 35.0 Å². The normalized spacial score (nSPS) is 12.3. The second-order valence-electron chi connectivity index (χ2n) is 8.10. The third-order valence-electron chi connectivity index (χ3n) is 4.67. The highest BCUT2D eigenvalue weighted by molar-refractivity contribution is 5.80. The molecule has 0 aliphatic carbocycles. The summed E-state index contributed by atoms with van der Waals surface area (Å²) in [5.74, 6) is -1.20. The fourth-order valence-corrected chi connectivity index (χ4v) is 2.85. The number of amides is 1. The molecule has 30 heavy (non-hydrogen) atoms. The number of ether oxygens (including phenoxy) is 1. The van der Waals surface area contributed by atoms with Gasteiger partial charge in [-0.1, -0.05) is 12.1 Å². The van der Waals surface area contributed by atoms with Crippen LogP contribution in [0.5, 0.6) is 0 Å². The van der Waals surface area contributed by atoms with Crippen LogP contribution in [0, 0.1) is 13.8 Å². The Morgan fingerprint density at radius 1 is 1.13 bits per heavy atom. The SMILES string of the molecule is Cc1c(C)n(C)c(=O)n(-c2ccc(CC(NC(=O)OC(C)(C)C)C(=O)O)cc2)c1=O. The van der Waals surface area contributed by atoms with Crippen LogP contribution in [0.3, 0.4) is 0 Å². The van der Waals surface area contributed by atoms with Gasteiger partial charge in [0.2, 0.25) is 0 Å². The molecule has 1 aromatic carbocycles. The molecule has 0 saturated carbocycles. The number of benzene rings is 1. The first kappa shape index (κ1) is 22.9. The van der Waals surface area contributed by atoms with Crippen molar-refractivity contribution in [3.05, 3.63) is 61.9 Å². The molecule has 0 fully saturated rings. The molecule has 1 unspecified atom stereocenters. The van der Waals surface area contributed by atoms with E-state index in [0.29, 0.717) is 22.5 Å². The standard InChI is InChI=1S/C21H27N3O6/c1-12-13(2)23(6)20(29)24(17(12)25)15-9-7-14(8-10-15)11-16(18(26)27)22-19(28)30-21(3,4)5/h7-10,16H,11H2,1-6H3,(H,22,28)(H,26,27). The lowest BCUT2D eigenvalue weighted by Crippen LogP contribution is -2.44. The minimum Gasteiger partial charge on any atom is -0.480 e. The van der Waals surface area contributed by atoms with Gasteiger partial charge in [0.05, 0.1) is 5.69 Å². The molecule has 0 radical (unpaired) electrons. The van der Waals surface area contributed by atoms with Gasteiger partial charge in [0.1, 0.15) is 11.6 Å². The highest BCUT2D eigenvalue weighted by Crippen LogP contribution is 2.11. The van der Waals surface area contributed by atoms with E-state index in [-0.39, 0.29) is 6.42 Å². The van der Waals surface area contributed by atoms with Crippen LogP contribution < -0.4 is 16.6 Å². The Morgan fingerprint density at radius 3 is 2.20 bits per heavy atom. The number of carboxylic acid groups (broad SMARTS) is 1. The molecular formula is C21H27N3O6. The Bertz CT molecular complexity index is 1040. The molecule has 1 atom stereocenters. The van der Waals surface area contributed by atoms with Crippen LogP contribution in [0.4, 0.5) is 4.79 Å². The molecule has 9 nitrogen and oxygen atoms in total. The number of carboxylic acids is 1. The van der Waals surface area contributed by atoms with Gasteiger partial charge in [0.15, 0.2) is 0 Å². The Kier molecular flexibility index (Phi) is 6.54. The molecule has 0 aliphatic heterocycles. The number of hydrogen-bond donors (Lipinski definition) is 2. The lowest BCUT2D eigenvalue weighted by Gasteiger charge is -2.22. The van der Waals surface area contributed by atoms with Gasteiger partial charge in [-0.15, -0.1) is 0 Å². The van der Waals surface area contributed by atoms with Gasteiger partial charge in [-0.25, -0.2) is 19.0 Å². The van der Waals surface area contributed by atoms with Crippen molar-refractivity contribution in [2.45, 2.75) is 52.7 Å². The summed E-state index contributed by atoms with van der Waals surface area (Å²) in [7, 11) is 1.59. The van der Waals surface area contributed by atoms with E-state index in [9.17, 15) is 24.3 Å².